The van der Waals surface area contributed by atoms with E-state index in [2.05, 4.69) is 12.2 Å². The van der Waals surface area contributed by atoms with Crippen molar-refractivity contribution in [2.45, 2.75) is 26.4 Å². The van der Waals surface area contributed by atoms with Crippen molar-refractivity contribution in [3.05, 3.63) is 64.6 Å². The van der Waals surface area contributed by atoms with E-state index in [0.717, 1.165) is 42.1 Å². The van der Waals surface area contributed by atoms with Gasteiger partial charge in [-0.3, -0.25) is 4.79 Å². The Morgan fingerprint density at radius 2 is 1.89 bits per heavy atom. The molecule has 2 aromatic rings. The molecular weight excluding hydrogens is 378 g/mol. The Kier molecular flexibility index (Phi) is 6.90. The van der Waals surface area contributed by atoms with Crippen LogP contribution in [-0.4, -0.2) is 16.8 Å². The van der Waals surface area contributed by atoms with Crippen molar-refractivity contribution in [3.8, 4) is 11.5 Å². The van der Waals surface area contributed by atoms with Crippen LogP contribution >= 0.6 is 24.0 Å². The Morgan fingerprint density at radius 1 is 1.11 bits per heavy atom. The number of carbonyl (C=O) groups excluding carboxylic acids is 1. The zero-order valence-electron chi connectivity index (χ0n) is 15.1. The number of unbranched alkanes of at least 4 members (excludes halogenated alkanes) is 1. The van der Waals surface area contributed by atoms with Crippen LogP contribution in [0.3, 0.4) is 0 Å². The molecule has 0 aromatic heterocycles. The molecule has 1 aliphatic rings. The van der Waals surface area contributed by atoms with Gasteiger partial charge in [0.15, 0.2) is 0 Å². The van der Waals surface area contributed by atoms with Gasteiger partial charge >= 0.3 is 0 Å². The first-order valence-corrected chi connectivity index (χ1v) is 10.1. The van der Waals surface area contributed by atoms with Crippen molar-refractivity contribution in [1.29, 1.82) is 0 Å². The average molecular weight is 400 g/mol. The van der Waals surface area contributed by atoms with Crippen LogP contribution in [0, 0.1) is 0 Å². The average Bonchev–Trinajstić information content (AvgIpc) is 2.98. The molecular formula is C21H21NO3S2. The summed E-state index contributed by atoms with van der Waals surface area (Å²) in [4.78, 5) is 12.4. The molecule has 4 nitrogen and oxygen atoms in total. The number of ether oxygens (including phenoxy) is 2. The summed E-state index contributed by atoms with van der Waals surface area (Å²) < 4.78 is 12.1. The van der Waals surface area contributed by atoms with Crippen molar-refractivity contribution in [2.24, 2.45) is 0 Å². The second-order valence-electron chi connectivity index (χ2n) is 6.06. The minimum absolute atomic E-state index is 0.156. The molecule has 1 aliphatic heterocycles. The normalized spacial score (nSPS) is 15.1. The number of amides is 1. The van der Waals surface area contributed by atoms with E-state index >= 15 is 0 Å². The van der Waals surface area contributed by atoms with E-state index < -0.39 is 0 Å². The Bertz CT molecular complexity index is 864. The van der Waals surface area contributed by atoms with E-state index in [0.29, 0.717) is 15.8 Å². The van der Waals surface area contributed by atoms with Crippen LogP contribution in [0.5, 0.6) is 11.5 Å². The quantitative estimate of drug-likeness (QED) is 0.387. The van der Waals surface area contributed by atoms with Crippen LogP contribution in [0.2, 0.25) is 0 Å². The summed E-state index contributed by atoms with van der Waals surface area (Å²) in [6.07, 6.45) is 3.97. The fraction of sp³-hybridized carbons (Fsp3) is 0.238. The molecule has 0 spiro atoms. The lowest BCUT2D eigenvalue weighted by Crippen LogP contribution is -2.17. The SMILES string of the molecule is CCCCOc1cccc(COc2cccc(C=C3SC(=S)NC3=O)c2)c1. The van der Waals surface area contributed by atoms with E-state index in [1.807, 2.05) is 54.6 Å². The lowest BCUT2D eigenvalue weighted by atomic mass is 10.2. The third-order valence-electron chi connectivity index (χ3n) is 3.87. The van der Waals surface area contributed by atoms with Gasteiger partial charge in [0.05, 0.1) is 11.5 Å². The number of thiocarbonyl (C=S) groups is 1. The van der Waals surface area contributed by atoms with Gasteiger partial charge in [-0.2, -0.15) is 0 Å². The van der Waals surface area contributed by atoms with E-state index in [1.165, 1.54) is 11.8 Å². The van der Waals surface area contributed by atoms with Crippen LogP contribution < -0.4 is 14.8 Å². The molecule has 1 saturated heterocycles. The van der Waals surface area contributed by atoms with E-state index in [-0.39, 0.29) is 5.91 Å². The monoisotopic (exact) mass is 399 g/mol. The summed E-state index contributed by atoms with van der Waals surface area (Å²) in [5.74, 6) is 1.45. The summed E-state index contributed by atoms with van der Waals surface area (Å²) >= 11 is 6.28. The first-order valence-electron chi connectivity index (χ1n) is 8.83. The molecule has 0 saturated carbocycles. The number of hydrogen-bond acceptors (Lipinski definition) is 5. The van der Waals surface area contributed by atoms with Crippen LogP contribution in [-0.2, 0) is 11.4 Å². The molecule has 0 atom stereocenters. The van der Waals surface area contributed by atoms with Crippen LogP contribution in [0.25, 0.3) is 6.08 Å². The third-order valence-corrected chi connectivity index (χ3v) is 5.03. The third kappa shape index (κ3) is 5.84. The highest BCUT2D eigenvalue weighted by molar-refractivity contribution is 8.26. The number of hydrogen-bond donors (Lipinski definition) is 1. The van der Waals surface area contributed by atoms with Gasteiger partial charge in [0.25, 0.3) is 5.91 Å². The van der Waals surface area contributed by atoms with Gasteiger partial charge in [-0.25, -0.2) is 0 Å². The largest absolute Gasteiger partial charge is 0.494 e. The fourth-order valence-corrected chi connectivity index (χ4v) is 3.54. The van der Waals surface area contributed by atoms with E-state index in [1.54, 1.807) is 0 Å². The molecule has 140 valence electrons. The highest BCUT2D eigenvalue weighted by Gasteiger charge is 2.21. The molecule has 1 N–H and O–H groups in total. The van der Waals surface area contributed by atoms with Crippen LogP contribution in [0.15, 0.2) is 53.4 Å². The standard InChI is InChI=1S/C21H21NO3S2/c1-2-3-10-24-17-8-5-7-16(12-17)14-25-18-9-4-6-15(11-18)13-19-20(23)22-21(26)27-19/h4-9,11-13H,2-3,10,14H2,1H3,(H,22,23,26). The minimum Gasteiger partial charge on any atom is -0.494 e. The number of nitrogens with one attached hydrogen (secondary N) is 1. The fourth-order valence-electron chi connectivity index (χ4n) is 2.49. The number of thioether (sulfide) groups is 1. The summed E-state index contributed by atoms with van der Waals surface area (Å²) in [5, 5.41) is 2.62. The maximum atomic E-state index is 11.8. The van der Waals surface area contributed by atoms with Gasteiger partial charge in [0.2, 0.25) is 0 Å². The smallest absolute Gasteiger partial charge is 0.263 e. The second-order valence-corrected chi connectivity index (χ2v) is 7.78. The molecule has 0 bridgehead atoms. The second kappa shape index (κ2) is 9.58. The predicted molar refractivity (Wildman–Crippen MR) is 114 cm³/mol. The van der Waals surface area contributed by atoms with Gasteiger partial charge in [-0.15, -0.1) is 0 Å². The first kappa shape index (κ1) is 19.5. The van der Waals surface area contributed by atoms with Crippen molar-refractivity contribution in [2.75, 3.05) is 6.61 Å². The van der Waals surface area contributed by atoms with Crippen molar-refractivity contribution >= 4 is 40.3 Å². The Morgan fingerprint density at radius 3 is 2.63 bits per heavy atom. The summed E-state index contributed by atoms with van der Waals surface area (Å²) in [7, 11) is 0. The molecule has 0 unspecified atom stereocenters. The van der Waals surface area contributed by atoms with Gasteiger partial charge < -0.3 is 14.8 Å². The van der Waals surface area contributed by atoms with Crippen LogP contribution in [0.1, 0.15) is 30.9 Å². The number of rotatable bonds is 8. The van der Waals surface area contributed by atoms with Gasteiger partial charge in [0.1, 0.15) is 22.4 Å². The van der Waals surface area contributed by atoms with Crippen molar-refractivity contribution in [1.82, 2.24) is 5.32 Å². The molecule has 1 heterocycles. The van der Waals surface area contributed by atoms with Gasteiger partial charge in [-0.1, -0.05) is 61.6 Å². The zero-order chi connectivity index (χ0) is 19.1. The minimum atomic E-state index is -0.156. The molecule has 1 amide bonds. The predicted octanol–water partition coefficient (Wildman–Crippen LogP) is 4.93. The molecule has 0 aliphatic carbocycles. The molecule has 6 heteroatoms. The van der Waals surface area contributed by atoms with Gasteiger partial charge in [0, 0.05) is 0 Å². The first-order chi connectivity index (χ1) is 13.1. The molecule has 2 aromatic carbocycles. The molecule has 3 rings (SSSR count). The summed E-state index contributed by atoms with van der Waals surface area (Å²) in [5.41, 5.74) is 1.94. The number of carbonyl (C=O) groups is 1. The Balaban J connectivity index is 1.62. The Labute approximate surface area is 168 Å². The number of benzene rings is 2. The molecule has 0 radical (unpaired) electrons. The summed E-state index contributed by atoms with van der Waals surface area (Å²) in [6.45, 7) is 3.32. The van der Waals surface area contributed by atoms with E-state index in [9.17, 15) is 4.79 Å². The highest BCUT2D eigenvalue weighted by atomic mass is 32.2. The lowest BCUT2D eigenvalue weighted by Gasteiger charge is -2.10. The maximum absolute atomic E-state index is 11.8. The Hall–Kier alpha value is -2.31. The van der Waals surface area contributed by atoms with Crippen molar-refractivity contribution < 1.29 is 14.3 Å². The molecule has 27 heavy (non-hydrogen) atoms. The topological polar surface area (TPSA) is 47.6 Å². The van der Waals surface area contributed by atoms with Crippen LogP contribution in [0.4, 0.5) is 0 Å². The maximum Gasteiger partial charge on any atom is 0.263 e. The highest BCUT2D eigenvalue weighted by Crippen LogP contribution is 2.27. The van der Waals surface area contributed by atoms with Crippen molar-refractivity contribution in [3.63, 3.8) is 0 Å². The molecule has 1 fully saturated rings. The summed E-state index contributed by atoms with van der Waals surface area (Å²) in [6, 6.07) is 15.6. The van der Waals surface area contributed by atoms with E-state index in [4.69, 9.17) is 21.7 Å². The zero-order valence-corrected chi connectivity index (χ0v) is 16.7. The van der Waals surface area contributed by atoms with Gasteiger partial charge in [-0.05, 0) is 47.9 Å². The lowest BCUT2D eigenvalue weighted by molar-refractivity contribution is -0.115.